The molecule has 1 fully saturated rings. The Hall–Kier alpha value is -2.15. The third-order valence-electron chi connectivity index (χ3n) is 4.55. The van der Waals surface area contributed by atoms with E-state index >= 15 is 0 Å². The quantitative estimate of drug-likeness (QED) is 0.786. The van der Waals surface area contributed by atoms with E-state index in [2.05, 4.69) is 15.4 Å². The normalized spacial score (nSPS) is 17.3. The smallest absolute Gasteiger partial charge is 0.274 e. The van der Waals surface area contributed by atoms with Gasteiger partial charge in [0.15, 0.2) is 5.65 Å². The van der Waals surface area contributed by atoms with E-state index in [1.165, 1.54) is 4.68 Å². The van der Waals surface area contributed by atoms with Gasteiger partial charge in [0.2, 0.25) is 0 Å². The molecular formula is C16H22N4O3. The van der Waals surface area contributed by atoms with Gasteiger partial charge in [-0.15, -0.1) is 0 Å². The molecule has 0 unspecified atom stereocenters. The number of carbonyl (C=O) groups is 1. The zero-order valence-electron chi connectivity index (χ0n) is 13.5. The molecule has 1 saturated carbocycles. The van der Waals surface area contributed by atoms with Gasteiger partial charge in [0.05, 0.1) is 16.6 Å². The monoisotopic (exact) mass is 318 g/mol. The highest BCUT2D eigenvalue weighted by Crippen LogP contribution is 2.27. The lowest BCUT2D eigenvalue weighted by molar-refractivity contribution is 0.00527. The molecule has 23 heavy (non-hydrogen) atoms. The van der Waals surface area contributed by atoms with Crippen molar-refractivity contribution in [3.63, 3.8) is 0 Å². The number of nitrogens with one attached hydrogen (secondary N) is 2. The van der Waals surface area contributed by atoms with Gasteiger partial charge in [-0.25, -0.2) is 4.98 Å². The minimum atomic E-state index is -0.835. The minimum Gasteiger partial charge on any atom is -0.388 e. The van der Waals surface area contributed by atoms with E-state index < -0.39 is 5.60 Å². The second-order valence-electron chi connectivity index (χ2n) is 6.48. The van der Waals surface area contributed by atoms with Gasteiger partial charge in [-0.1, -0.05) is 19.3 Å². The zero-order valence-corrected chi connectivity index (χ0v) is 13.5. The summed E-state index contributed by atoms with van der Waals surface area (Å²) in [6, 6.07) is 1.61. The van der Waals surface area contributed by atoms with E-state index in [4.69, 9.17) is 0 Å². The van der Waals surface area contributed by atoms with E-state index in [1.807, 2.05) is 0 Å². The number of aromatic amines is 1. The number of hydrogen-bond acceptors (Lipinski definition) is 4. The first kappa shape index (κ1) is 15.7. The molecule has 3 rings (SSSR count). The summed E-state index contributed by atoms with van der Waals surface area (Å²) in [6.07, 6.45) is 4.47. The predicted octanol–water partition coefficient (Wildman–Crippen LogP) is 0.995. The van der Waals surface area contributed by atoms with Crippen LogP contribution in [0.2, 0.25) is 0 Å². The third kappa shape index (κ3) is 3.01. The lowest BCUT2D eigenvalue weighted by Gasteiger charge is -2.32. The Kier molecular flexibility index (Phi) is 3.97. The van der Waals surface area contributed by atoms with Crippen LogP contribution in [0.15, 0.2) is 10.9 Å². The second-order valence-corrected chi connectivity index (χ2v) is 6.48. The molecule has 0 radical (unpaired) electrons. The molecule has 1 aliphatic rings. The number of H-pyrrole nitrogens is 1. The van der Waals surface area contributed by atoms with Crippen LogP contribution in [0.5, 0.6) is 0 Å². The Morgan fingerprint density at radius 2 is 2.13 bits per heavy atom. The highest BCUT2D eigenvalue weighted by Gasteiger charge is 2.30. The van der Waals surface area contributed by atoms with Crippen molar-refractivity contribution in [3.05, 3.63) is 27.7 Å². The Labute approximate surface area is 133 Å². The maximum Gasteiger partial charge on any atom is 0.274 e. The first-order valence-corrected chi connectivity index (χ1v) is 7.97. The number of fused-ring (bicyclic) bond motifs is 1. The molecule has 0 saturated heterocycles. The van der Waals surface area contributed by atoms with Crippen molar-refractivity contribution < 1.29 is 9.90 Å². The van der Waals surface area contributed by atoms with E-state index in [0.29, 0.717) is 29.7 Å². The largest absolute Gasteiger partial charge is 0.388 e. The average molecular weight is 318 g/mol. The van der Waals surface area contributed by atoms with Crippen molar-refractivity contribution >= 4 is 16.9 Å². The molecule has 0 bridgehead atoms. The summed E-state index contributed by atoms with van der Waals surface area (Å²) in [7, 11) is 1.68. The Morgan fingerprint density at radius 1 is 1.43 bits per heavy atom. The number of pyridine rings is 1. The fraction of sp³-hybridized carbons (Fsp3) is 0.562. The van der Waals surface area contributed by atoms with Crippen LogP contribution in [0.25, 0.3) is 11.0 Å². The van der Waals surface area contributed by atoms with Gasteiger partial charge < -0.3 is 10.4 Å². The van der Waals surface area contributed by atoms with Crippen LogP contribution >= 0.6 is 0 Å². The van der Waals surface area contributed by atoms with Crippen molar-refractivity contribution in [2.75, 3.05) is 6.54 Å². The molecular weight excluding hydrogens is 296 g/mol. The van der Waals surface area contributed by atoms with Crippen molar-refractivity contribution in [1.29, 1.82) is 0 Å². The minimum absolute atomic E-state index is 0.208. The van der Waals surface area contributed by atoms with Gasteiger partial charge in [0, 0.05) is 19.3 Å². The van der Waals surface area contributed by atoms with Crippen LogP contribution in [-0.4, -0.2) is 37.9 Å². The van der Waals surface area contributed by atoms with E-state index in [9.17, 15) is 14.7 Å². The summed E-state index contributed by atoms with van der Waals surface area (Å²) in [5.41, 5.74) is 0.244. The molecule has 2 aromatic heterocycles. The second kappa shape index (κ2) is 5.81. The van der Waals surface area contributed by atoms with Gasteiger partial charge in [0.25, 0.3) is 11.5 Å². The molecule has 1 aliphatic carbocycles. The predicted molar refractivity (Wildman–Crippen MR) is 86.4 cm³/mol. The molecule has 0 aromatic carbocycles. The highest BCUT2D eigenvalue weighted by atomic mass is 16.3. The maximum absolute atomic E-state index is 12.5. The lowest BCUT2D eigenvalue weighted by Crippen LogP contribution is -2.44. The van der Waals surface area contributed by atoms with Crippen LogP contribution in [0.1, 0.15) is 48.2 Å². The van der Waals surface area contributed by atoms with E-state index in [1.54, 1.807) is 20.0 Å². The molecule has 0 spiro atoms. The number of nitrogens with zero attached hydrogens (tertiary/aromatic N) is 2. The molecule has 2 aromatic rings. The fourth-order valence-electron chi connectivity index (χ4n) is 3.29. The molecule has 1 amide bonds. The summed E-state index contributed by atoms with van der Waals surface area (Å²) in [5.74, 6) is -0.351. The summed E-state index contributed by atoms with van der Waals surface area (Å²) in [6.45, 7) is 1.99. The van der Waals surface area contributed by atoms with Crippen LogP contribution in [-0.2, 0) is 7.05 Å². The molecule has 124 valence electrons. The Balaban J connectivity index is 1.87. The number of carbonyl (C=O) groups excluding carboxylic acids is 1. The van der Waals surface area contributed by atoms with Crippen molar-refractivity contribution in [3.8, 4) is 0 Å². The third-order valence-corrected chi connectivity index (χ3v) is 4.55. The van der Waals surface area contributed by atoms with Gasteiger partial charge in [-0.05, 0) is 25.8 Å². The van der Waals surface area contributed by atoms with Gasteiger partial charge in [-0.3, -0.25) is 19.4 Å². The lowest BCUT2D eigenvalue weighted by atomic mass is 9.85. The first-order chi connectivity index (χ1) is 10.9. The summed E-state index contributed by atoms with van der Waals surface area (Å²) in [5, 5.41) is 16.2. The number of amides is 1. The highest BCUT2D eigenvalue weighted by molar-refractivity contribution is 6.05. The number of rotatable bonds is 3. The van der Waals surface area contributed by atoms with Gasteiger partial charge in [0.1, 0.15) is 0 Å². The average Bonchev–Trinajstić information content (AvgIpc) is 2.79. The topological polar surface area (TPSA) is 100 Å². The number of aryl methyl sites for hydroxylation is 2. The van der Waals surface area contributed by atoms with Gasteiger partial charge >= 0.3 is 0 Å². The SMILES string of the molecule is Cc1cc(C(=O)NCC2(O)CCCCC2)c2c(=O)[nH]n(C)c2n1. The van der Waals surface area contributed by atoms with Crippen LogP contribution in [0.3, 0.4) is 0 Å². The standard InChI is InChI=1S/C16H22N4O3/c1-10-8-11(12-13(18-10)20(2)19-15(12)22)14(21)17-9-16(23)6-4-3-5-7-16/h8,23H,3-7,9H2,1-2H3,(H,17,21)(H,19,22). The van der Waals surface area contributed by atoms with Crippen LogP contribution < -0.4 is 10.9 Å². The van der Waals surface area contributed by atoms with Crippen molar-refractivity contribution in [1.82, 2.24) is 20.1 Å². The zero-order chi connectivity index (χ0) is 16.6. The maximum atomic E-state index is 12.5. The number of aromatic nitrogens is 3. The molecule has 0 aliphatic heterocycles. The molecule has 0 atom stereocenters. The summed E-state index contributed by atoms with van der Waals surface area (Å²) >= 11 is 0. The van der Waals surface area contributed by atoms with E-state index in [0.717, 1.165) is 19.3 Å². The Morgan fingerprint density at radius 3 is 2.83 bits per heavy atom. The van der Waals surface area contributed by atoms with Crippen LogP contribution in [0.4, 0.5) is 0 Å². The molecule has 2 heterocycles. The van der Waals surface area contributed by atoms with E-state index in [-0.39, 0.29) is 23.4 Å². The first-order valence-electron chi connectivity index (χ1n) is 7.97. The number of hydrogen-bond donors (Lipinski definition) is 3. The number of aliphatic hydroxyl groups is 1. The van der Waals surface area contributed by atoms with Crippen molar-refractivity contribution in [2.45, 2.75) is 44.6 Å². The molecule has 3 N–H and O–H groups in total. The summed E-state index contributed by atoms with van der Waals surface area (Å²) < 4.78 is 1.51. The fourth-order valence-corrected chi connectivity index (χ4v) is 3.29. The van der Waals surface area contributed by atoms with Gasteiger partial charge in [-0.2, -0.15) is 0 Å². The molecule has 7 heteroatoms. The van der Waals surface area contributed by atoms with Crippen LogP contribution in [0, 0.1) is 6.92 Å². The summed E-state index contributed by atoms with van der Waals surface area (Å²) in [4.78, 5) is 28.9. The Bertz CT molecular complexity index is 799. The molecule has 7 nitrogen and oxygen atoms in total. The van der Waals surface area contributed by atoms with Crippen molar-refractivity contribution in [2.24, 2.45) is 7.05 Å².